The van der Waals surface area contributed by atoms with E-state index in [9.17, 15) is 9.90 Å². The van der Waals surface area contributed by atoms with Crippen LogP contribution in [0.25, 0.3) is 11.5 Å². The molecule has 0 bridgehead atoms. The topological polar surface area (TPSA) is 107 Å². The fourth-order valence-corrected chi connectivity index (χ4v) is 3.59. The van der Waals surface area contributed by atoms with Crippen LogP contribution >= 0.6 is 0 Å². The van der Waals surface area contributed by atoms with Gasteiger partial charge in [0.1, 0.15) is 17.5 Å². The first kappa shape index (κ1) is 21.0. The van der Waals surface area contributed by atoms with Crippen molar-refractivity contribution in [3.63, 3.8) is 0 Å². The number of hydrogen-bond acceptors (Lipinski definition) is 7. The fourth-order valence-electron chi connectivity index (χ4n) is 3.59. The first-order chi connectivity index (χ1) is 15.1. The van der Waals surface area contributed by atoms with Crippen LogP contribution in [0.4, 0.5) is 0 Å². The maximum Gasteiger partial charge on any atom is 0.251 e. The number of aliphatic hydroxyl groups is 1. The second-order valence-electron chi connectivity index (χ2n) is 7.48. The Morgan fingerprint density at radius 3 is 2.81 bits per heavy atom. The number of benzene rings is 1. The van der Waals surface area contributed by atoms with Gasteiger partial charge < -0.3 is 24.4 Å². The molecule has 2 N–H and O–H groups in total. The molecule has 3 aromatic rings. The number of aliphatic hydroxyl groups excluding tert-OH is 1. The van der Waals surface area contributed by atoms with E-state index in [1.807, 2.05) is 24.3 Å². The first-order valence-corrected chi connectivity index (χ1v) is 10.2. The zero-order chi connectivity index (χ0) is 21.6. The second-order valence-corrected chi connectivity index (χ2v) is 7.48. The lowest BCUT2D eigenvalue weighted by molar-refractivity contribution is -0.114. The average molecular weight is 423 g/mol. The molecule has 0 saturated carbocycles. The van der Waals surface area contributed by atoms with E-state index in [0.29, 0.717) is 36.3 Å². The summed E-state index contributed by atoms with van der Waals surface area (Å²) < 4.78 is 16.6. The van der Waals surface area contributed by atoms with Gasteiger partial charge in [-0.25, -0.2) is 0 Å². The van der Waals surface area contributed by atoms with Crippen molar-refractivity contribution in [2.24, 2.45) is 0 Å². The number of ether oxygens (including phenoxy) is 2. The highest BCUT2D eigenvalue weighted by Gasteiger charge is 2.31. The summed E-state index contributed by atoms with van der Waals surface area (Å²) in [5, 5.41) is 17.3. The molecule has 2 aromatic heterocycles. The van der Waals surface area contributed by atoms with E-state index in [1.165, 1.54) is 0 Å². The molecule has 162 valence electrons. The molecule has 4 rings (SSSR count). The van der Waals surface area contributed by atoms with Crippen LogP contribution in [0, 0.1) is 0 Å². The molecule has 1 aliphatic heterocycles. The van der Waals surface area contributed by atoms with E-state index in [2.05, 4.69) is 15.5 Å². The van der Waals surface area contributed by atoms with Gasteiger partial charge in [-0.1, -0.05) is 11.2 Å². The standard InChI is InChI=1S/C23H25N3O5/c1-29-17-7-5-15(6-8-17)23(28)25-14-22-20(27)10-9-18(30-22)12-16-13-21(31-26-16)19-4-2-3-11-24-19/h2-8,11,13,18,20,22,27H,9-10,12,14H2,1H3,(H,25,28)/t18-,20-,22+/m0/s1. The lowest BCUT2D eigenvalue weighted by atomic mass is 9.98. The molecule has 0 spiro atoms. The minimum absolute atomic E-state index is 0.118. The van der Waals surface area contributed by atoms with E-state index in [4.69, 9.17) is 14.0 Å². The van der Waals surface area contributed by atoms with Gasteiger partial charge in [0.25, 0.3) is 5.91 Å². The number of nitrogens with one attached hydrogen (secondary N) is 1. The summed E-state index contributed by atoms with van der Waals surface area (Å²) in [7, 11) is 1.58. The van der Waals surface area contributed by atoms with Gasteiger partial charge in [-0.2, -0.15) is 0 Å². The average Bonchev–Trinajstić information content (AvgIpc) is 3.28. The molecule has 3 atom stereocenters. The van der Waals surface area contributed by atoms with Crippen molar-refractivity contribution in [1.82, 2.24) is 15.5 Å². The molecule has 8 nitrogen and oxygen atoms in total. The maximum absolute atomic E-state index is 12.4. The zero-order valence-corrected chi connectivity index (χ0v) is 17.2. The predicted octanol–water partition coefficient (Wildman–Crippen LogP) is 2.63. The van der Waals surface area contributed by atoms with E-state index in [-0.39, 0.29) is 18.6 Å². The molecule has 1 saturated heterocycles. The number of hydrogen-bond donors (Lipinski definition) is 2. The predicted molar refractivity (Wildman–Crippen MR) is 113 cm³/mol. The van der Waals surface area contributed by atoms with Crippen LogP contribution in [0.1, 0.15) is 28.9 Å². The molecule has 0 unspecified atom stereocenters. The minimum Gasteiger partial charge on any atom is -0.497 e. The van der Waals surface area contributed by atoms with Gasteiger partial charge in [-0.3, -0.25) is 9.78 Å². The summed E-state index contributed by atoms with van der Waals surface area (Å²) in [5.74, 6) is 1.07. The zero-order valence-electron chi connectivity index (χ0n) is 17.2. The number of methoxy groups -OCH3 is 1. The summed E-state index contributed by atoms with van der Waals surface area (Å²) in [6.07, 6.45) is 2.33. The summed E-state index contributed by atoms with van der Waals surface area (Å²) >= 11 is 0. The van der Waals surface area contributed by atoms with Crippen molar-refractivity contribution in [3.8, 4) is 17.2 Å². The Bertz CT molecular complexity index is 990. The Morgan fingerprint density at radius 1 is 1.23 bits per heavy atom. The lowest BCUT2D eigenvalue weighted by Gasteiger charge is -2.33. The minimum atomic E-state index is -0.631. The van der Waals surface area contributed by atoms with Gasteiger partial charge in [-0.05, 0) is 49.2 Å². The molecular formula is C23H25N3O5. The summed E-state index contributed by atoms with van der Waals surface area (Å²) in [4.78, 5) is 16.6. The van der Waals surface area contributed by atoms with Crippen molar-refractivity contribution >= 4 is 5.91 Å². The molecule has 31 heavy (non-hydrogen) atoms. The van der Waals surface area contributed by atoms with Crippen LogP contribution in [0.2, 0.25) is 0 Å². The third-order valence-corrected chi connectivity index (χ3v) is 5.31. The largest absolute Gasteiger partial charge is 0.497 e. The van der Waals surface area contributed by atoms with E-state index in [0.717, 1.165) is 11.4 Å². The number of carbonyl (C=O) groups excluding carboxylic acids is 1. The van der Waals surface area contributed by atoms with E-state index < -0.39 is 12.2 Å². The Morgan fingerprint density at radius 2 is 2.06 bits per heavy atom. The van der Waals surface area contributed by atoms with Crippen molar-refractivity contribution < 1.29 is 23.9 Å². The van der Waals surface area contributed by atoms with Crippen LogP contribution in [-0.4, -0.2) is 53.1 Å². The summed E-state index contributed by atoms with van der Waals surface area (Å²) in [5.41, 5.74) is 2.01. The van der Waals surface area contributed by atoms with Gasteiger partial charge in [0.15, 0.2) is 5.76 Å². The lowest BCUT2D eigenvalue weighted by Crippen LogP contribution is -2.46. The quantitative estimate of drug-likeness (QED) is 0.602. The molecule has 0 radical (unpaired) electrons. The molecule has 1 fully saturated rings. The molecule has 1 aliphatic rings. The van der Waals surface area contributed by atoms with Gasteiger partial charge in [0.05, 0.1) is 25.0 Å². The normalized spacial score (nSPS) is 20.9. The smallest absolute Gasteiger partial charge is 0.251 e. The van der Waals surface area contributed by atoms with Crippen LogP contribution < -0.4 is 10.1 Å². The number of pyridine rings is 1. The molecule has 1 aromatic carbocycles. The van der Waals surface area contributed by atoms with Gasteiger partial charge in [0.2, 0.25) is 0 Å². The van der Waals surface area contributed by atoms with Crippen molar-refractivity contribution in [2.45, 2.75) is 37.6 Å². The SMILES string of the molecule is COc1ccc(C(=O)NC[C@H]2O[C@H](Cc3cc(-c4ccccn4)on3)CC[C@@H]2O)cc1. The molecule has 8 heteroatoms. The summed E-state index contributed by atoms with van der Waals surface area (Å²) in [6.45, 7) is 0.223. The van der Waals surface area contributed by atoms with Crippen LogP contribution in [0.3, 0.4) is 0 Å². The summed E-state index contributed by atoms with van der Waals surface area (Å²) in [6, 6.07) is 14.3. The van der Waals surface area contributed by atoms with Crippen molar-refractivity contribution in [2.75, 3.05) is 13.7 Å². The van der Waals surface area contributed by atoms with Gasteiger partial charge in [0, 0.05) is 30.8 Å². The number of rotatable bonds is 7. The Hall–Kier alpha value is -3.23. The molecule has 0 aliphatic carbocycles. The van der Waals surface area contributed by atoms with E-state index in [1.54, 1.807) is 37.6 Å². The second kappa shape index (κ2) is 9.72. The molecule has 1 amide bonds. The molecule has 3 heterocycles. The van der Waals surface area contributed by atoms with Crippen LogP contribution in [0.15, 0.2) is 59.3 Å². The monoisotopic (exact) mass is 423 g/mol. The van der Waals surface area contributed by atoms with Crippen LogP contribution in [-0.2, 0) is 11.2 Å². The van der Waals surface area contributed by atoms with E-state index >= 15 is 0 Å². The molecular weight excluding hydrogens is 398 g/mol. The highest BCUT2D eigenvalue weighted by Crippen LogP contribution is 2.24. The number of nitrogens with zero attached hydrogens (tertiary/aromatic N) is 2. The third kappa shape index (κ3) is 5.28. The highest BCUT2D eigenvalue weighted by molar-refractivity contribution is 5.94. The van der Waals surface area contributed by atoms with Crippen LogP contribution in [0.5, 0.6) is 5.75 Å². The fraction of sp³-hybridized carbons (Fsp3) is 0.348. The van der Waals surface area contributed by atoms with Gasteiger partial charge in [-0.15, -0.1) is 0 Å². The number of aromatic nitrogens is 2. The maximum atomic E-state index is 12.4. The Labute approximate surface area is 180 Å². The third-order valence-electron chi connectivity index (χ3n) is 5.31. The van der Waals surface area contributed by atoms with Crippen molar-refractivity contribution in [3.05, 3.63) is 66.0 Å². The number of amides is 1. The van der Waals surface area contributed by atoms with Crippen molar-refractivity contribution in [1.29, 1.82) is 0 Å². The Kier molecular flexibility index (Phi) is 6.59. The Balaban J connectivity index is 1.32. The highest BCUT2D eigenvalue weighted by atomic mass is 16.5. The first-order valence-electron chi connectivity index (χ1n) is 10.2. The number of carbonyl (C=O) groups is 1. The van der Waals surface area contributed by atoms with Gasteiger partial charge >= 0.3 is 0 Å².